The Balaban J connectivity index is 1.56. The van der Waals surface area contributed by atoms with Crippen LogP contribution in [0.4, 0.5) is 0 Å². The smallest absolute Gasteiger partial charge is 0.489 e. The highest BCUT2D eigenvalue weighted by atomic mass is 32.3. The van der Waals surface area contributed by atoms with Gasteiger partial charge in [0.05, 0.1) is 46.2 Å². The van der Waals surface area contributed by atoms with E-state index >= 15 is 0 Å². The molecule has 3 aromatic carbocycles. The molecule has 0 saturated carbocycles. The molecule has 4 rings (SSSR count). The van der Waals surface area contributed by atoms with Crippen LogP contribution in [0.3, 0.4) is 0 Å². The number of rotatable bonds is 32. The van der Waals surface area contributed by atoms with Crippen molar-refractivity contribution in [1.82, 2.24) is 0 Å². The van der Waals surface area contributed by atoms with E-state index < -0.39 is 88.9 Å². The molecular weight excluding hydrogens is 975 g/mol. The van der Waals surface area contributed by atoms with Gasteiger partial charge in [0.15, 0.2) is 29.5 Å². The van der Waals surface area contributed by atoms with E-state index in [1.165, 1.54) is 24.3 Å². The number of azide groups is 1. The van der Waals surface area contributed by atoms with E-state index in [9.17, 15) is 32.4 Å². The first kappa shape index (κ1) is 58.0. The molecule has 5 atom stereocenters. The number of Topliss-reactive ketones (excluding diaryl/α,β-unsaturated/α-hetero) is 1. The summed E-state index contributed by atoms with van der Waals surface area (Å²) < 4.78 is 105. The maximum absolute atomic E-state index is 13.7. The molecule has 1 fully saturated rings. The van der Waals surface area contributed by atoms with Gasteiger partial charge in [-0.05, 0) is 65.5 Å². The average Bonchev–Trinajstić information content (AvgIpc) is 3.32. The number of benzene rings is 3. The zero-order chi connectivity index (χ0) is 52.5. The lowest BCUT2D eigenvalue weighted by atomic mass is 9.98. The van der Waals surface area contributed by atoms with Crippen LogP contribution in [-0.2, 0) is 96.8 Å². The topological polar surface area (TPSA) is 297 Å². The van der Waals surface area contributed by atoms with E-state index in [2.05, 4.69) is 10.0 Å². The lowest BCUT2D eigenvalue weighted by Crippen LogP contribution is -2.63. The van der Waals surface area contributed by atoms with Gasteiger partial charge in [-0.1, -0.05) is 23.3 Å². The van der Waals surface area contributed by atoms with Gasteiger partial charge >= 0.3 is 34.3 Å². The third-order valence-corrected chi connectivity index (χ3v) is 10.5. The van der Waals surface area contributed by atoms with Crippen LogP contribution in [0.2, 0.25) is 0 Å². The molecule has 0 aliphatic carbocycles. The third-order valence-electron chi connectivity index (χ3n) is 9.74. The summed E-state index contributed by atoms with van der Waals surface area (Å²) in [4.78, 5) is 65.2. The van der Waals surface area contributed by atoms with E-state index in [-0.39, 0.29) is 70.3 Å². The molecule has 1 aliphatic heterocycles. The van der Waals surface area contributed by atoms with Gasteiger partial charge in [0.1, 0.15) is 30.8 Å². The quantitative estimate of drug-likeness (QED) is 0.0150. The van der Waals surface area contributed by atoms with Crippen molar-refractivity contribution < 1.29 is 97.6 Å². The van der Waals surface area contributed by atoms with Crippen molar-refractivity contribution >= 4 is 40.1 Å². The third kappa shape index (κ3) is 20.3. The Labute approximate surface area is 416 Å². The van der Waals surface area contributed by atoms with Gasteiger partial charge < -0.3 is 65.2 Å². The second kappa shape index (κ2) is 30.3. The summed E-state index contributed by atoms with van der Waals surface area (Å²) in [6.07, 6.45) is -7.86. The first-order valence-electron chi connectivity index (χ1n) is 22.4. The minimum atomic E-state index is -5.05. The number of hydrogen-bond acceptors (Lipinski definition) is 22. The summed E-state index contributed by atoms with van der Waals surface area (Å²) in [6, 6.07) is 15.0. The SMILES string of the molecule is COCc1ccc(OCc2ccc(OS(=O)(=O)Oc3cc(C(=O)CCCOCCOCCOCCN=[N+]=[N-])ccc3OC3O[C@@H](COC(C)=O)[C@@H](OC(C)=O)[C@@H](OC(C)=O)[C@@H]3OC(C)=O)cc2)c(COC)c1. The van der Waals surface area contributed by atoms with Crippen molar-refractivity contribution in [2.24, 2.45) is 5.11 Å². The predicted octanol–water partition coefficient (Wildman–Crippen LogP) is 5.05. The van der Waals surface area contributed by atoms with Crippen LogP contribution < -0.4 is 17.8 Å². The molecule has 1 unspecified atom stereocenters. The second-order valence-corrected chi connectivity index (χ2v) is 16.6. The Morgan fingerprint density at radius 3 is 1.90 bits per heavy atom. The zero-order valence-corrected chi connectivity index (χ0v) is 41.5. The lowest BCUT2D eigenvalue weighted by molar-refractivity contribution is -0.288. The average molecular weight is 1030 g/mol. The first-order valence-corrected chi connectivity index (χ1v) is 23.7. The van der Waals surface area contributed by atoms with E-state index in [4.69, 9.17) is 70.7 Å². The Morgan fingerprint density at radius 1 is 0.653 bits per heavy atom. The van der Waals surface area contributed by atoms with Crippen molar-refractivity contribution in [3.63, 3.8) is 0 Å². The fourth-order valence-electron chi connectivity index (χ4n) is 6.77. The minimum Gasteiger partial charge on any atom is -0.489 e. The summed E-state index contributed by atoms with van der Waals surface area (Å²) in [6.45, 7) is 6.17. The van der Waals surface area contributed by atoms with Gasteiger partial charge in [-0.3, -0.25) is 24.0 Å². The fourth-order valence-corrected chi connectivity index (χ4v) is 7.50. The Kier molecular flexibility index (Phi) is 24.4. The summed E-state index contributed by atoms with van der Waals surface area (Å²) in [5.41, 5.74) is 10.7. The Bertz CT molecular complexity index is 2410. The molecule has 394 valence electrons. The van der Waals surface area contributed by atoms with Gasteiger partial charge in [0.2, 0.25) is 12.4 Å². The number of nitrogens with zero attached hydrogens (tertiary/aromatic N) is 3. The van der Waals surface area contributed by atoms with Crippen molar-refractivity contribution in [2.75, 3.05) is 67.0 Å². The molecular formula is C47H59N3O21S. The first-order chi connectivity index (χ1) is 34.5. The van der Waals surface area contributed by atoms with Crippen LogP contribution in [0, 0.1) is 0 Å². The van der Waals surface area contributed by atoms with Crippen LogP contribution in [-0.4, -0.2) is 136 Å². The van der Waals surface area contributed by atoms with Crippen LogP contribution in [0.15, 0.2) is 65.8 Å². The zero-order valence-electron chi connectivity index (χ0n) is 40.7. The predicted molar refractivity (Wildman–Crippen MR) is 248 cm³/mol. The van der Waals surface area contributed by atoms with E-state index in [0.29, 0.717) is 31.1 Å². The summed E-state index contributed by atoms with van der Waals surface area (Å²) in [5.74, 6) is -4.50. The number of hydrogen-bond donors (Lipinski definition) is 0. The maximum atomic E-state index is 13.7. The van der Waals surface area contributed by atoms with E-state index in [0.717, 1.165) is 44.9 Å². The van der Waals surface area contributed by atoms with Crippen LogP contribution in [0.25, 0.3) is 10.4 Å². The molecule has 1 aliphatic rings. The molecule has 0 aromatic heterocycles. The highest BCUT2D eigenvalue weighted by molar-refractivity contribution is 7.82. The second-order valence-electron chi connectivity index (χ2n) is 15.5. The van der Waals surface area contributed by atoms with Gasteiger partial charge in [0, 0.05) is 77.5 Å². The Hall–Kier alpha value is -6.57. The van der Waals surface area contributed by atoms with Crippen LogP contribution >= 0.6 is 0 Å². The van der Waals surface area contributed by atoms with Gasteiger partial charge in [-0.25, -0.2) is 0 Å². The lowest BCUT2D eigenvalue weighted by Gasteiger charge is -2.43. The number of esters is 4. The minimum absolute atomic E-state index is 0.0239. The molecule has 72 heavy (non-hydrogen) atoms. The molecule has 0 N–H and O–H groups in total. The number of methoxy groups -OCH3 is 2. The van der Waals surface area contributed by atoms with Crippen LogP contribution in [0.5, 0.6) is 23.0 Å². The molecule has 0 spiro atoms. The van der Waals surface area contributed by atoms with Gasteiger partial charge in [0.25, 0.3) is 0 Å². The monoisotopic (exact) mass is 1030 g/mol. The van der Waals surface area contributed by atoms with Gasteiger partial charge in [-0.15, -0.1) is 8.42 Å². The molecule has 1 heterocycles. The molecule has 1 saturated heterocycles. The van der Waals surface area contributed by atoms with Crippen molar-refractivity contribution in [3.8, 4) is 23.0 Å². The largest absolute Gasteiger partial charge is 0.501 e. The van der Waals surface area contributed by atoms with Crippen molar-refractivity contribution in [3.05, 3.63) is 93.4 Å². The molecule has 25 heteroatoms. The highest BCUT2D eigenvalue weighted by Gasteiger charge is 2.53. The van der Waals surface area contributed by atoms with Gasteiger partial charge in [-0.2, -0.15) is 0 Å². The summed E-state index contributed by atoms with van der Waals surface area (Å²) >= 11 is 0. The number of carbonyl (C=O) groups is 5. The normalized spacial score (nSPS) is 17.4. The standard InChI is InChI=1S/C47H59N3O21S/c1-30(51)63-29-43-44(65-31(2)52)45(66-32(3)53)46(67-33(4)54)47(69-43)68-41-16-12-36(39(55)8-7-18-60-20-22-62-23-21-61-19-17-49-50-48)25-42(41)71-72(56,57)70-38-13-9-34(10-14-38)27-64-40-15-11-35(26-58-5)24-37(40)28-59-6/h9-16,24-25,43-47H,7-8,17-23,26-29H2,1-6H3/t43-,44+,45+,46-,47?/m0/s1. The summed E-state index contributed by atoms with van der Waals surface area (Å²) in [5, 5.41) is 3.37. The molecule has 0 radical (unpaired) electrons. The highest BCUT2D eigenvalue weighted by Crippen LogP contribution is 2.36. The maximum Gasteiger partial charge on any atom is 0.501 e. The molecule has 24 nitrogen and oxygen atoms in total. The van der Waals surface area contributed by atoms with E-state index in [1.807, 2.05) is 12.1 Å². The van der Waals surface area contributed by atoms with Crippen LogP contribution in [0.1, 0.15) is 67.6 Å². The van der Waals surface area contributed by atoms with E-state index in [1.54, 1.807) is 32.4 Å². The summed E-state index contributed by atoms with van der Waals surface area (Å²) in [7, 11) is -1.89. The molecule has 3 aromatic rings. The fraction of sp³-hybridized carbons (Fsp3) is 0.511. The number of carbonyl (C=O) groups excluding carboxylic acids is 5. The van der Waals surface area contributed by atoms with Crippen molar-refractivity contribution in [1.29, 1.82) is 0 Å². The Morgan fingerprint density at radius 2 is 1.26 bits per heavy atom. The van der Waals surface area contributed by atoms with Crippen molar-refractivity contribution in [2.45, 2.75) is 91.1 Å². The molecule has 0 bridgehead atoms. The number of ketones is 1. The molecule has 0 amide bonds. The number of ether oxygens (including phenoxy) is 12.